The Hall–Kier alpha value is -2.62. The molecule has 2 aromatic rings. The highest BCUT2D eigenvalue weighted by Crippen LogP contribution is 2.39. The molecule has 0 spiro atoms. The molecule has 2 aromatic carbocycles. The van der Waals surface area contributed by atoms with E-state index in [1.54, 1.807) is 7.05 Å². The summed E-state index contributed by atoms with van der Waals surface area (Å²) in [7, 11) is 1.67. The van der Waals surface area contributed by atoms with Crippen molar-refractivity contribution in [2.45, 2.75) is 38.5 Å². The van der Waals surface area contributed by atoms with E-state index in [4.69, 9.17) is 0 Å². The first-order chi connectivity index (χ1) is 13.1. The predicted octanol–water partition coefficient (Wildman–Crippen LogP) is 4.17. The van der Waals surface area contributed by atoms with Gasteiger partial charge >= 0.3 is 0 Å². The highest BCUT2D eigenvalue weighted by molar-refractivity contribution is 6.00. The van der Waals surface area contributed by atoms with Crippen LogP contribution in [-0.2, 0) is 4.79 Å². The van der Waals surface area contributed by atoms with Crippen molar-refractivity contribution in [1.82, 2.24) is 10.6 Å². The Morgan fingerprint density at radius 3 is 2.30 bits per heavy atom. The smallest absolute Gasteiger partial charge is 0.251 e. The van der Waals surface area contributed by atoms with Gasteiger partial charge in [-0.3, -0.25) is 9.59 Å². The molecule has 142 valence electrons. The first-order valence-electron chi connectivity index (χ1n) is 9.77. The Balaban J connectivity index is 1.76. The fourth-order valence-corrected chi connectivity index (χ4v) is 4.06. The lowest BCUT2D eigenvalue weighted by Gasteiger charge is -2.37. The van der Waals surface area contributed by atoms with E-state index in [2.05, 4.69) is 10.6 Å². The van der Waals surface area contributed by atoms with Crippen LogP contribution in [0.3, 0.4) is 0 Å². The van der Waals surface area contributed by atoms with Crippen molar-refractivity contribution in [1.29, 1.82) is 0 Å². The molecule has 0 atom stereocenters. The monoisotopic (exact) mass is 364 g/mol. The van der Waals surface area contributed by atoms with Crippen molar-refractivity contribution in [2.24, 2.45) is 5.41 Å². The lowest BCUT2D eigenvalue weighted by atomic mass is 9.71. The van der Waals surface area contributed by atoms with Crippen LogP contribution in [0.2, 0.25) is 0 Å². The number of carbonyl (C=O) groups is 2. The van der Waals surface area contributed by atoms with Crippen LogP contribution in [0.4, 0.5) is 0 Å². The maximum atomic E-state index is 13.0. The largest absolute Gasteiger partial charge is 0.359 e. The second-order valence-corrected chi connectivity index (χ2v) is 7.50. The number of nitrogens with one attached hydrogen (secondary N) is 2. The van der Waals surface area contributed by atoms with E-state index < -0.39 is 0 Å². The van der Waals surface area contributed by atoms with Crippen molar-refractivity contribution in [3.8, 4) is 11.1 Å². The molecule has 27 heavy (non-hydrogen) atoms. The fraction of sp³-hybridized carbons (Fsp3) is 0.391. The van der Waals surface area contributed by atoms with Crippen LogP contribution >= 0.6 is 0 Å². The van der Waals surface area contributed by atoms with Gasteiger partial charge < -0.3 is 10.6 Å². The van der Waals surface area contributed by atoms with E-state index in [1.165, 1.54) is 6.42 Å². The van der Waals surface area contributed by atoms with Crippen LogP contribution in [0.5, 0.6) is 0 Å². The van der Waals surface area contributed by atoms with Gasteiger partial charge in [0.2, 0.25) is 5.91 Å². The topological polar surface area (TPSA) is 58.2 Å². The van der Waals surface area contributed by atoms with Crippen LogP contribution in [-0.4, -0.2) is 25.4 Å². The summed E-state index contributed by atoms with van der Waals surface area (Å²) in [5.74, 6) is -0.0212. The Morgan fingerprint density at radius 1 is 0.926 bits per heavy atom. The molecule has 0 radical (unpaired) electrons. The van der Waals surface area contributed by atoms with Crippen molar-refractivity contribution < 1.29 is 9.59 Å². The van der Waals surface area contributed by atoms with Gasteiger partial charge in [-0.1, -0.05) is 67.8 Å². The summed E-state index contributed by atoms with van der Waals surface area (Å²) in [6.45, 7) is 0.544. The van der Waals surface area contributed by atoms with Crippen molar-refractivity contribution in [3.63, 3.8) is 0 Å². The highest BCUT2D eigenvalue weighted by atomic mass is 16.2. The number of benzene rings is 2. The van der Waals surface area contributed by atoms with Gasteiger partial charge in [-0.25, -0.2) is 0 Å². The van der Waals surface area contributed by atoms with Crippen LogP contribution in [0.15, 0.2) is 54.6 Å². The summed E-state index contributed by atoms with van der Waals surface area (Å²) in [5.41, 5.74) is 2.51. The minimum atomic E-state index is -0.129. The zero-order valence-electron chi connectivity index (χ0n) is 16.0. The average Bonchev–Trinajstić information content (AvgIpc) is 2.73. The third-order valence-corrected chi connectivity index (χ3v) is 5.61. The average molecular weight is 364 g/mol. The van der Waals surface area contributed by atoms with Gasteiger partial charge in [0.15, 0.2) is 0 Å². The molecule has 0 bridgehead atoms. The van der Waals surface area contributed by atoms with E-state index in [9.17, 15) is 9.59 Å². The Morgan fingerprint density at radius 2 is 1.59 bits per heavy atom. The van der Waals surface area contributed by atoms with Gasteiger partial charge in [-0.05, 0) is 35.4 Å². The van der Waals surface area contributed by atoms with Gasteiger partial charge in [-0.15, -0.1) is 0 Å². The van der Waals surface area contributed by atoms with Crippen molar-refractivity contribution >= 4 is 11.8 Å². The summed E-state index contributed by atoms with van der Waals surface area (Å²) in [6, 6.07) is 17.6. The summed E-state index contributed by atoms with van der Waals surface area (Å²) >= 11 is 0. The summed E-state index contributed by atoms with van der Waals surface area (Å²) in [5, 5.41) is 5.87. The molecule has 4 heteroatoms. The molecule has 1 aliphatic carbocycles. The van der Waals surface area contributed by atoms with E-state index in [0.29, 0.717) is 18.5 Å². The molecule has 0 unspecified atom stereocenters. The second kappa shape index (κ2) is 8.85. The second-order valence-electron chi connectivity index (χ2n) is 7.50. The first-order valence-corrected chi connectivity index (χ1v) is 9.77. The van der Waals surface area contributed by atoms with Crippen LogP contribution in [0.1, 0.15) is 48.9 Å². The van der Waals surface area contributed by atoms with Gasteiger partial charge in [0.05, 0.1) is 0 Å². The Kier molecular flexibility index (Phi) is 6.28. The van der Waals surface area contributed by atoms with E-state index in [-0.39, 0.29) is 17.2 Å². The molecule has 2 N–H and O–H groups in total. The molecular weight excluding hydrogens is 336 g/mol. The molecule has 1 aliphatic rings. The predicted molar refractivity (Wildman–Crippen MR) is 108 cm³/mol. The summed E-state index contributed by atoms with van der Waals surface area (Å²) < 4.78 is 0. The number of carbonyl (C=O) groups excluding carboxylic acids is 2. The molecule has 1 saturated carbocycles. The van der Waals surface area contributed by atoms with Crippen molar-refractivity contribution in [2.75, 3.05) is 13.6 Å². The van der Waals surface area contributed by atoms with Gasteiger partial charge in [0, 0.05) is 25.6 Å². The fourth-order valence-electron chi connectivity index (χ4n) is 4.06. The van der Waals surface area contributed by atoms with E-state index in [1.807, 2.05) is 54.6 Å². The zero-order valence-corrected chi connectivity index (χ0v) is 16.0. The zero-order chi connectivity index (χ0) is 19.1. The maximum Gasteiger partial charge on any atom is 0.251 e. The summed E-state index contributed by atoms with van der Waals surface area (Å²) in [6.07, 6.45) is 5.90. The molecule has 0 heterocycles. The lowest BCUT2D eigenvalue weighted by Crippen LogP contribution is -2.42. The van der Waals surface area contributed by atoms with E-state index >= 15 is 0 Å². The minimum absolute atomic E-state index is 0.0517. The molecule has 0 aliphatic heterocycles. The first kappa shape index (κ1) is 19.2. The van der Waals surface area contributed by atoms with E-state index in [0.717, 1.165) is 36.8 Å². The van der Waals surface area contributed by atoms with Crippen LogP contribution in [0.25, 0.3) is 11.1 Å². The molecule has 3 rings (SSSR count). The lowest BCUT2D eigenvalue weighted by molar-refractivity contribution is -0.123. The molecule has 2 amide bonds. The SMILES string of the molecule is CNC(=O)CC1(CNC(=O)c2ccccc2-c2ccccc2)CCCCC1. The number of amides is 2. The van der Waals surface area contributed by atoms with Gasteiger partial charge in [0.25, 0.3) is 5.91 Å². The molecule has 0 saturated heterocycles. The summed E-state index contributed by atoms with van der Waals surface area (Å²) in [4.78, 5) is 25.0. The Bertz CT molecular complexity index is 780. The molecule has 0 aromatic heterocycles. The molecule has 1 fully saturated rings. The van der Waals surface area contributed by atoms with Crippen LogP contribution < -0.4 is 10.6 Å². The normalized spacial score (nSPS) is 15.7. The Labute approximate surface area is 161 Å². The maximum absolute atomic E-state index is 13.0. The van der Waals surface area contributed by atoms with Gasteiger partial charge in [0.1, 0.15) is 0 Å². The quantitative estimate of drug-likeness (QED) is 0.808. The van der Waals surface area contributed by atoms with Crippen molar-refractivity contribution in [3.05, 3.63) is 60.2 Å². The third-order valence-electron chi connectivity index (χ3n) is 5.61. The minimum Gasteiger partial charge on any atom is -0.359 e. The standard InChI is InChI=1S/C23H28N2O2/c1-24-21(26)16-23(14-8-3-9-15-23)17-25-22(27)20-13-7-6-12-19(20)18-10-4-2-5-11-18/h2,4-7,10-13H,3,8-9,14-17H2,1H3,(H,24,26)(H,25,27). The number of hydrogen-bond acceptors (Lipinski definition) is 2. The van der Waals surface area contributed by atoms with Gasteiger partial charge in [-0.2, -0.15) is 0 Å². The number of hydrogen-bond donors (Lipinski definition) is 2. The number of rotatable bonds is 6. The third kappa shape index (κ3) is 4.76. The molecular formula is C23H28N2O2. The van der Waals surface area contributed by atoms with Crippen LogP contribution in [0, 0.1) is 5.41 Å². The highest BCUT2D eigenvalue weighted by Gasteiger charge is 2.34. The molecule has 4 nitrogen and oxygen atoms in total.